The van der Waals surface area contributed by atoms with Gasteiger partial charge in [-0.25, -0.2) is 4.99 Å². The third-order valence-corrected chi connectivity index (χ3v) is 4.89. The van der Waals surface area contributed by atoms with Gasteiger partial charge < -0.3 is 4.74 Å². The van der Waals surface area contributed by atoms with Gasteiger partial charge in [-0.3, -0.25) is 9.69 Å². The van der Waals surface area contributed by atoms with Crippen molar-refractivity contribution in [3.05, 3.63) is 64.0 Å². The molecule has 128 valence electrons. The Morgan fingerprint density at radius 1 is 1.24 bits per heavy atom. The van der Waals surface area contributed by atoms with Gasteiger partial charge in [0.1, 0.15) is 5.75 Å². The monoisotopic (exact) mass is 372 g/mol. The predicted molar refractivity (Wildman–Crippen MR) is 104 cm³/mol. The highest BCUT2D eigenvalue weighted by atomic mass is 35.5. The van der Waals surface area contributed by atoms with Crippen LogP contribution in [-0.4, -0.2) is 29.6 Å². The summed E-state index contributed by atoms with van der Waals surface area (Å²) in [7, 11) is 1.63. The molecule has 0 aromatic heterocycles. The predicted octanol–water partition coefficient (Wildman–Crippen LogP) is 4.97. The molecule has 1 heterocycles. The van der Waals surface area contributed by atoms with Crippen LogP contribution in [0, 0.1) is 0 Å². The average Bonchev–Trinajstić information content (AvgIpc) is 2.90. The minimum atomic E-state index is -0.0379. The maximum absolute atomic E-state index is 12.6. The van der Waals surface area contributed by atoms with E-state index in [4.69, 9.17) is 16.3 Å². The van der Waals surface area contributed by atoms with Gasteiger partial charge >= 0.3 is 0 Å². The van der Waals surface area contributed by atoms with Crippen LogP contribution in [0.1, 0.15) is 12.5 Å². The number of benzene rings is 2. The number of likely N-dealkylation sites (N-methyl/N-ethyl adjacent to an activating group) is 1. The number of rotatable bonds is 4. The number of carbonyl (C=O) groups is 1. The number of methoxy groups -OCH3 is 1. The minimum Gasteiger partial charge on any atom is -0.497 e. The van der Waals surface area contributed by atoms with Crippen molar-refractivity contribution in [3.8, 4) is 5.75 Å². The number of amidine groups is 1. The summed E-state index contributed by atoms with van der Waals surface area (Å²) < 4.78 is 5.16. The minimum absolute atomic E-state index is 0.0379. The Morgan fingerprint density at radius 3 is 2.64 bits per heavy atom. The largest absolute Gasteiger partial charge is 0.497 e. The molecule has 25 heavy (non-hydrogen) atoms. The van der Waals surface area contributed by atoms with Crippen molar-refractivity contribution >= 4 is 46.2 Å². The zero-order chi connectivity index (χ0) is 17.8. The number of hydrogen-bond donors (Lipinski definition) is 0. The van der Waals surface area contributed by atoms with E-state index in [2.05, 4.69) is 4.99 Å². The second-order valence-corrected chi connectivity index (χ2v) is 6.75. The van der Waals surface area contributed by atoms with Gasteiger partial charge in [0.25, 0.3) is 5.91 Å². The lowest BCUT2D eigenvalue weighted by Crippen LogP contribution is -2.28. The molecule has 1 aliphatic heterocycles. The Balaban J connectivity index is 1.90. The summed E-state index contributed by atoms with van der Waals surface area (Å²) in [5.41, 5.74) is 1.67. The van der Waals surface area contributed by atoms with Crippen LogP contribution in [0.4, 0.5) is 5.69 Å². The van der Waals surface area contributed by atoms with Crippen LogP contribution in [-0.2, 0) is 4.79 Å². The molecule has 0 aliphatic carbocycles. The second kappa shape index (κ2) is 7.76. The number of thioether (sulfide) groups is 1. The van der Waals surface area contributed by atoms with Crippen LogP contribution in [0.5, 0.6) is 5.75 Å². The van der Waals surface area contributed by atoms with Gasteiger partial charge in [0.15, 0.2) is 5.17 Å². The van der Waals surface area contributed by atoms with E-state index < -0.39 is 0 Å². The van der Waals surface area contributed by atoms with Gasteiger partial charge in [-0.2, -0.15) is 0 Å². The molecule has 0 radical (unpaired) electrons. The van der Waals surface area contributed by atoms with Gasteiger partial charge in [-0.15, -0.1) is 0 Å². The molecular formula is C19H17ClN2O2S. The molecule has 0 atom stereocenters. The van der Waals surface area contributed by atoms with Crippen LogP contribution in [0.3, 0.4) is 0 Å². The van der Waals surface area contributed by atoms with Crippen molar-refractivity contribution in [2.45, 2.75) is 6.92 Å². The lowest BCUT2D eigenvalue weighted by atomic mass is 10.2. The first-order chi connectivity index (χ1) is 12.1. The topological polar surface area (TPSA) is 41.9 Å². The molecule has 1 fully saturated rings. The van der Waals surface area contributed by atoms with E-state index in [9.17, 15) is 4.79 Å². The van der Waals surface area contributed by atoms with E-state index in [0.29, 0.717) is 21.6 Å². The summed E-state index contributed by atoms with van der Waals surface area (Å²) in [5.74, 6) is 0.745. The second-order valence-electron chi connectivity index (χ2n) is 5.31. The molecule has 4 nitrogen and oxygen atoms in total. The first-order valence-corrected chi connectivity index (χ1v) is 9.00. The van der Waals surface area contributed by atoms with Crippen LogP contribution in [0.15, 0.2) is 58.4 Å². The van der Waals surface area contributed by atoms with Crippen molar-refractivity contribution in [2.24, 2.45) is 4.99 Å². The van der Waals surface area contributed by atoms with Crippen LogP contribution in [0.25, 0.3) is 6.08 Å². The number of aliphatic imine (C=N–C) groups is 1. The van der Waals surface area contributed by atoms with Crippen molar-refractivity contribution in [2.75, 3.05) is 13.7 Å². The Hall–Kier alpha value is -2.24. The third kappa shape index (κ3) is 4.06. The molecule has 0 N–H and O–H groups in total. The summed E-state index contributed by atoms with van der Waals surface area (Å²) in [6.45, 7) is 2.49. The molecule has 0 unspecified atom stereocenters. The fourth-order valence-electron chi connectivity index (χ4n) is 2.38. The maximum atomic E-state index is 12.6. The number of halogens is 1. The Bertz CT molecular complexity index is 847. The standard InChI is InChI=1S/C19H17ClN2O2S/c1-3-22-18(23)17(11-13-7-9-16(24-2)10-8-13)25-19(22)21-15-6-4-5-14(20)12-15/h4-12H,3H2,1-2H3/b17-11+,21-19?. The van der Waals surface area contributed by atoms with Crippen molar-refractivity contribution in [1.29, 1.82) is 0 Å². The first-order valence-electron chi connectivity index (χ1n) is 7.80. The molecule has 3 rings (SSSR count). The van der Waals surface area contributed by atoms with E-state index in [-0.39, 0.29) is 5.91 Å². The van der Waals surface area contributed by atoms with Crippen molar-refractivity contribution in [1.82, 2.24) is 4.90 Å². The fraction of sp³-hybridized carbons (Fsp3) is 0.158. The van der Waals surface area contributed by atoms with E-state index in [1.54, 1.807) is 24.1 Å². The third-order valence-electron chi connectivity index (χ3n) is 3.65. The summed E-state index contributed by atoms with van der Waals surface area (Å²) in [4.78, 5) is 19.5. The summed E-state index contributed by atoms with van der Waals surface area (Å²) in [6.07, 6.45) is 1.87. The molecule has 0 bridgehead atoms. The van der Waals surface area contributed by atoms with E-state index in [1.165, 1.54) is 11.8 Å². The number of amides is 1. The number of nitrogens with zero attached hydrogens (tertiary/aromatic N) is 2. The smallest absolute Gasteiger partial charge is 0.266 e. The Kier molecular flexibility index (Phi) is 5.46. The summed E-state index contributed by atoms with van der Waals surface area (Å²) in [6, 6.07) is 14.9. The average molecular weight is 373 g/mol. The van der Waals surface area contributed by atoms with Crippen molar-refractivity contribution in [3.63, 3.8) is 0 Å². The molecule has 1 saturated heterocycles. The number of ether oxygens (including phenoxy) is 1. The quantitative estimate of drug-likeness (QED) is 0.711. The molecule has 0 spiro atoms. The Labute approximate surface area is 156 Å². The molecule has 2 aromatic carbocycles. The highest BCUT2D eigenvalue weighted by Gasteiger charge is 2.32. The van der Waals surface area contributed by atoms with Crippen LogP contribution < -0.4 is 4.74 Å². The molecule has 0 saturated carbocycles. The lowest BCUT2D eigenvalue weighted by Gasteiger charge is -2.12. The van der Waals surface area contributed by atoms with Gasteiger partial charge in [-0.05, 0) is 60.7 Å². The van der Waals surface area contributed by atoms with Crippen LogP contribution in [0.2, 0.25) is 5.02 Å². The van der Waals surface area contributed by atoms with Gasteiger partial charge in [0, 0.05) is 11.6 Å². The van der Waals surface area contributed by atoms with Gasteiger partial charge in [0.05, 0.1) is 17.7 Å². The summed E-state index contributed by atoms with van der Waals surface area (Å²) in [5, 5.41) is 1.28. The SMILES string of the molecule is CCN1C(=O)/C(=C\c2ccc(OC)cc2)SC1=Nc1cccc(Cl)c1. The highest BCUT2D eigenvalue weighted by molar-refractivity contribution is 8.18. The van der Waals surface area contributed by atoms with E-state index in [1.807, 2.05) is 49.4 Å². The summed E-state index contributed by atoms with van der Waals surface area (Å²) >= 11 is 7.38. The van der Waals surface area contributed by atoms with Crippen LogP contribution >= 0.6 is 23.4 Å². The number of carbonyl (C=O) groups excluding carboxylic acids is 1. The Morgan fingerprint density at radius 2 is 2.00 bits per heavy atom. The fourth-order valence-corrected chi connectivity index (χ4v) is 3.62. The molecular weight excluding hydrogens is 356 g/mol. The van der Waals surface area contributed by atoms with Gasteiger partial charge in [-0.1, -0.05) is 29.8 Å². The van der Waals surface area contributed by atoms with Crippen molar-refractivity contribution < 1.29 is 9.53 Å². The normalized spacial score (nSPS) is 17.6. The molecule has 6 heteroatoms. The molecule has 1 aliphatic rings. The lowest BCUT2D eigenvalue weighted by molar-refractivity contribution is -0.122. The maximum Gasteiger partial charge on any atom is 0.266 e. The van der Waals surface area contributed by atoms with E-state index >= 15 is 0 Å². The molecule has 1 amide bonds. The zero-order valence-corrected chi connectivity index (χ0v) is 15.5. The molecule has 2 aromatic rings. The number of hydrogen-bond acceptors (Lipinski definition) is 4. The zero-order valence-electron chi connectivity index (χ0n) is 13.9. The van der Waals surface area contributed by atoms with Gasteiger partial charge in [0.2, 0.25) is 0 Å². The first kappa shape index (κ1) is 17.6. The van der Waals surface area contributed by atoms with E-state index in [0.717, 1.165) is 17.0 Å². The highest BCUT2D eigenvalue weighted by Crippen LogP contribution is 2.34.